The van der Waals surface area contributed by atoms with Gasteiger partial charge in [-0.2, -0.15) is 0 Å². The monoisotopic (exact) mass is 366 g/mol. The number of nitrogens with two attached hydrogens (primary N) is 1. The normalized spacial score (nSPS) is 12.7. The second kappa shape index (κ2) is 5.38. The summed E-state index contributed by atoms with van der Waals surface area (Å²) in [6, 6.07) is 5.41. The fraction of sp³-hybridized carbons (Fsp3) is 0.0909. The molecule has 3 N–H and O–H groups in total. The highest BCUT2D eigenvalue weighted by Crippen LogP contribution is 2.27. The molecule has 90 valence electrons. The maximum atomic E-state index is 13.2. The van der Waals surface area contributed by atoms with Gasteiger partial charge in [-0.05, 0) is 57.3 Å². The maximum Gasteiger partial charge on any atom is 0.159 e. The van der Waals surface area contributed by atoms with Gasteiger partial charge in [-0.3, -0.25) is 5.84 Å². The van der Waals surface area contributed by atoms with Crippen LogP contribution >= 0.6 is 33.9 Å². The van der Waals surface area contributed by atoms with E-state index in [1.54, 1.807) is 11.3 Å². The molecule has 1 heterocycles. The van der Waals surface area contributed by atoms with Gasteiger partial charge in [-0.15, -0.1) is 11.3 Å². The fourth-order valence-corrected chi connectivity index (χ4v) is 2.95. The van der Waals surface area contributed by atoms with Crippen LogP contribution < -0.4 is 11.3 Å². The Morgan fingerprint density at radius 1 is 1.18 bits per heavy atom. The predicted molar refractivity (Wildman–Crippen MR) is 72.6 cm³/mol. The van der Waals surface area contributed by atoms with Gasteiger partial charge in [0.25, 0.3) is 0 Å². The molecule has 1 aromatic carbocycles. The van der Waals surface area contributed by atoms with Crippen LogP contribution in [0.1, 0.15) is 17.2 Å². The van der Waals surface area contributed by atoms with E-state index in [0.29, 0.717) is 5.56 Å². The lowest BCUT2D eigenvalue weighted by Crippen LogP contribution is -2.28. The van der Waals surface area contributed by atoms with Crippen LogP contribution in [-0.2, 0) is 0 Å². The van der Waals surface area contributed by atoms with E-state index < -0.39 is 11.6 Å². The second-order valence-corrected chi connectivity index (χ2v) is 6.26. The molecule has 0 fully saturated rings. The highest BCUT2D eigenvalue weighted by molar-refractivity contribution is 14.1. The first-order chi connectivity index (χ1) is 8.11. The van der Waals surface area contributed by atoms with Crippen LogP contribution in [0.2, 0.25) is 0 Å². The van der Waals surface area contributed by atoms with Gasteiger partial charge in [0, 0.05) is 0 Å². The third-order valence-corrected chi connectivity index (χ3v) is 4.17. The molecule has 0 aliphatic heterocycles. The van der Waals surface area contributed by atoms with Crippen molar-refractivity contribution < 1.29 is 8.78 Å². The van der Waals surface area contributed by atoms with Gasteiger partial charge in [0.15, 0.2) is 11.6 Å². The van der Waals surface area contributed by atoms with Gasteiger partial charge in [0.05, 0.1) is 8.93 Å². The lowest BCUT2D eigenvalue weighted by Gasteiger charge is -2.15. The number of thiophene rings is 1. The summed E-state index contributed by atoms with van der Waals surface area (Å²) in [5.74, 6) is 3.75. The van der Waals surface area contributed by atoms with Crippen molar-refractivity contribution in [3.8, 4) is 0 Å². The van der Waals surface area contributed by atoms with Crippen LogP contribution in [0.3, 0.4) is 0 Å². The number of hydrogen-bond acceptors (Lipinski definition) is 3. The third-order valence-electron chi connectivity index (χ3n) is 2.36. The predicted octanol–water partition coefficient (Wildman–Crippen LogP) is 3.18. The summed E-state index contributed by atoms with van der Waals surface area (Å²) in [5.41, 5.74) is 4.14. The van der Waals surface area contributed by atoms with Crippen molar-refractivity contribution in [3.63, 3.8) is 0 Å². The first-order valence-electron chi connectivity index (χ1n) is 4.77. The van der Waals surface area contributed by atoms with E-state index >= 15 is 0 Å². The molecule has 0 bridgehead atoms. The van der Waals surface area contributed by atoms with E-state index in [0.717, 1.165) is 20.6 Å². The van der Waals surface area contributed by atoms with E-state index in [4.69, 9.17) is 5.84 Å². The molecule has 0 spiro atoms. The smallest absolute Gasteiger partial charge is 0.159 e. The molecule has 2 rings (SSSR count). The summed E-state index contributed by atoms with van der Waals surface area (Å²) in [5, 5.41) is 1.94. The Labute approximate surface area is 115 Å². The summed E-state index contributed by atoms with van der Waals surface area (Å²) in [6.45, 7) is 0. The quantitative estimate of drug-likeness (QED) is 0.498. The van der Waals surface area contributed by atoms with Crippen LogP contribution in [0.15, 0.2) is 29.6 Å². The molecule has 2 aromatic rings. The minimum Gasteiger partial charge on any atom is -0.271 e. The fourth-order valence-electron chi connectivity index (χ4n) is 1.55. The van der Waals surface area contributed by atoms with Gasteiger partial charge in [0.2, 0.25) is 0 Å². The summed E-state index contributed by atoms with van der Waals surface area (Å²) >= 11 is 3.77. The lowest BCUT2D eigenvalue weighted by molar-refractivity contribution is 0.504. The number of halogens is 3. The van der Waals surface area contributed by atoms with Crippen molar-refractivity contribution in [1.29, 1.82) is 0 Å². The number of nitrogens with one attached hydrogen (secondary N) is 1. The first-order valence-corrected chi connectivity index (χ1v) is 6.72. The second-order valence-electron chi connectivity index (χ2n) is 3.46. The molecule has 0 saturated carbocycles. The van der Waals surface area contributed by atoms with Crippen LogP contribution in [0, 0.1) is 14.5 Å². The van der Waals surface area contributed by atoms with Crippen molar-refractivity contribution in [2.45, 2.75) is 6.04 Å². The number of hydrazine groups is 1. The zero-order valence-corrected chi connectivity index (χ0v) is 11.6. The third kappa shape index (κ3) is 2.82. The van der Waals surface area contributed by atoms with Crippen LogP contribution in [0.4, 0.5) is 8.78 Å². The van der Waals surface area contributed by atoms with E-state index in [1.165, 1.54) is 6.07 Å². The summed E-state index contributed by atoms with van der Waals surface area (Å²) < 4.78 is 27.1. The molecule has 0 aliphatic carbocycles. The van der Waals surface area contributed by atoms with Crippen molar-refractivity contribution in [2.75, 3.05) is 0 Å². The Bertz CT molecular complexity index is 530. The van der Waals surface area contributed by atoms with Gasteiger partial charge >= 0.3 is 0 Å². The van der Waals surface area contributed by atoms with Gasteiger partial charge in [-0.25, -0.2) is 14.2 Å². The van der Waals surface area contributed by atoms with Crippen molar-refractivity contribution in [3.05, 3.63) is 55.3 Å². The minimum absolute atomic E-state index is 0.329. The van der Waals surface area contributed by atoms with Gasteiger partial charge < -0.3 is 0 Å². The van der Waals surface area contributed by atoms with Gasteiger partial charge in [0.1, 0.15) is 0 Å². The highest BCUT2D eigenvalue weighted by Gasteiger charge is 2.15. The van der Waals surface area contributed by atoms with Crippen LogP contribution in [0.5, 0.6) is 0 Å². The topological polar surface area (TPSA) is 38.0 Å². The molecule has 0 aliphatic rings. The van der Waals surface area contributed by atoms with Crippen molar-refractivity contribution >= 4 is 33.9 Å². The molecule has 17 heavy (non-hydrogen) atoms. The molecule has 2 nitrogen and oxygen atoms in total. The Morgan fingerprint density at radius 2 is 1.94 bits per heavy atom. The number of hydrogen-bond donors (Lipinski definition) is 2. The Morgan fingerprint density at radius 3 is 2.47 bits per heavy atom. The van der Waals surface area contributed by atoms with Gasteiger partial charge in [-0.1, -0.05) is 6.07 Å². The average molecular weight is 366 g/mol. The van der Waals surface area contributed by atoms with E-state index in [-0.39, 0.29) is 6.04 Å². The first kappa shape index (κ1) is 12.9. The SMILES string of the molecule is NNC(c1csc(I)c1)c1ccc(F)c(F)c1. The lowest BCUT2D eigenvalue weighted by atomic mass is 10.0. The van der Waals surface area contributed by atoms with E-state index in [2.05, 4.69) is 28.0 Å². The van der Waals surface area contributed by atoms with Crippen LogP contribution in [-0.4, -0.2) is 0 Å². The van der Waals surface area contributed by atoms with Crippen LogP contribution in [0.25, 0.3) is 0 Å². The zero-order valence-electron chi connectivity index (χ0n) is 8.58. The molecule has 0 saturated heterocycles. The minimum atomic E-state index is -0.868. The molecule has 1 aromatic heterocycles. The maximum absolute atomic E-state index is 13.2. The largest absolute Gasteiger partial charge is 0.271 e. The molecular formula is C11H9F2IN2S. The summed E-state index contributed by atoms with van der Waals surface area (Å²) in [4.78, 5) is 0. The molecule has 1 atom stereocenters. The molecule has 1 unspecified atom stereocenters. The number of benzene rings is 1. The van der Waals surface area contributed by atoms with E-state index in [9.17, 15) is 8.78 Å². The Hall–Kier alpha value is -0.570. The average Bonchev–Trinajstić information content (AvgIpc) is 2.71. The standard InChI is InChI=1S/C11H9F2IN2S/c12-8-2-1-6(3-9(8)13)11(16-15)7-4-10(14)17-5-7/h1-5,11,16H,15H2. The summed E-state index contributed by atoms with van der Waals surface area (Å²) in [7, 11) is 0. The number of rotatable bonds is 3. The van der Waals surface area contributed by atoms with Crippen molar-refractivity contribution in [1.82, 2.24) is 5.43 Å². The highest BCUT2D eigenvalue weighted by atomic mass is 127. The van der Waals surface area contributed by atoms with Crippen molar-refractivity contribution in [2.24, 2.45) is 5.84 Å². The van der Waals surface area contributed by atoms with E-state index in [1.807, 2.05) is 11.4 Å². The Balaban J connectivity index is 2.38. The molecule has 6 heteroatoms. The molecule has 0 radical (unpaired) electrons. The molecule has 0 amide bonds. The Kier molecular flexibility index (Phi) is 4.08. The zero-order chi connectivity index (χ0) is 12.4. The summed E-state index contributed by atoms with van der Waals surface area (Å²) in [6.07, 6.45) is 0. The molecular weight excluding hydrogens is 357 g/mol.